The fraction of sp³-hybridized carbons (Fsp3) is 0.786. The quantitative estimate of drug-likeness (QED) is 0.254. The number of nitrogens with zero attached hydrogens (tertiary/aromatic N) is 2. The van der Waals surface area contributed by atoms with E-state index in [1.807, 2.05) is 24.9 Å². The predicted octanol–water partition coefficient (Wildman–Crippen LogP) is 3.08. The summed E-state index contributed by atoms with van der Waals surface area (Å²) in [7, 11) is 1.88. The summed E-state index contributed by atoms with van der Waals surface area (Å²) in [4.78, 5) is 6.80. The molecule has 0 aromatic heterocycles. The molecule has 0 spiro atoms. The van der Waals surface area contributed by atoms with Crippen LogP contribution in [-0.4, -0.2) is 49.0 Å². The molecule has 0 aromatic carbocycles. The highest BCUT2D eigenvalue weighted by Gasteiger charge is 2.23. The summed E-state index contributed by atoms with van der Waals surface area (Å²) < 4.78 is 0. The first-order valence-corrected chi connectivity index (χ1v) is 7.97. The number of hydrogen-bond acceptors (Lipinski definition) is 2. The van der Waals surface area contributed by atoms with Gasteiger partial charge in [-0.1, -0.05) is 19.9 Å². The van der Waals surface area contributed by atoms with Gasteiger partial charge in [-0.3, -0.25) is 4.99 Å². The van der Waals surface area contributed by atoms with Crippen LogP contribution in [0.15, 0.2) is 17.6 Å². The van der Waals surface area contributed by atoms with Gasteiger partial charge < -0.3 is 10.2 Å². The van der Waals surface area contributed by atoms with Crippen molar-refractivity contribution in [3.8, 4) is 0 Å². The van der Waals surface area contributed by atoms with Crippen LogP contribution in [-0.2, 0) is 0 Å². The average Bonchev–Trinajstić information content (AvgIpc) is 2.32. The molecule has 112 valence electrons. The van der Waals surface area contributed by atoms with Crippen LogP contribution in [0.1, 0.15) is 20.3 Å². The van der Waals surface area contributed by atoms with E-state index in [0.29, 0.717) is 0 Å². The third kappa shape index (κ3) is 7.44. The van der Waals surface area contributed by atoms with Crippen LogP contribution in [0, 0.1) is 11.8 Å². The van der Waals surface area contributed by atoms with Gasteiger partial charge in [-0.15, -0.1) is 30.6 Å². The zero-order valence-corrected chi connectivity index (χ0v) is 15.5. The lowest BCUT2D eigenvalue weighted by Crippen LogP contribution is -2.48. The maximum Gasteiger partial charge on any atom is 0.193 e. The van der Waals surface area contributed by atoms with Crippen molar-refractivity contribution < 1.29 is 0 Å². The molecular weight excluding hydrogens is 369 g/mol. The lowest BCUT2D eigenvalue weighted by Gasteiger charge is -2.37. The number of aliphatic imine (C=N–C) groups is 1. The van der Waals surface area contributed by atoms with Crippen molar-refractivity contribution in [3.63, 3.8) is 0 Å². The number of hydrogen-bond donors (Lipinski definition) is 1. The fourth-order valence-electron chi connectivity index (χ4n) is 2.57. The first kappa shape index (κ1) is 19.1. The van der Waals surface area contributed by atoms with Gasteiger partial charge in [0.25, 0.3) is 0 Å². The monoisotopic (exact) mass is 397 g/mol. The van der Waals surface area contributed by atoms with Gasteiger partial charge in [-0.2, -0.15) is 11.8 Å². The smallest absolute Gasteiger partial charge is 0.193 e. The molecule has 0 aliphatic carbocycles. The van der Waals surface area contributed by atoms with E-state index >= 15 is 0 Å². The van der Waals surface area contributed by atoms with Crippen molar-refractivity contribution in [2.75, 3.05) is 38.2 Å². The van der Waals surface area contributed by atoms with Crippen LogP contribution >= 0.6 is 35.7 Å². The number of thioether (sulfide) groups is 1. The molecule has 0 aromatic rings. The molecule has 1 fully saturated rings. The van der Waals surface area contributed by atoms with E-state index in [9.17, 15) is 0 Å². The largest absolute Gasteiger partial charge is 0.355 e. The summed E-state index contributed by atoms with van der Waals surface area (Å²) in [6.07, 6.45) is 3.29. The van der Waals surface area contributed by atoms with Crippen LogP contribution in [0.4, 0.5) is 0 Å². The van der Waals surface area contributed by atoms with Gasteiger partial charge in [0.1, 0.15) is 0 Å². The number of piperidine rings is 1. The maximum atomic E-state index is 4.40. The minimum Gasteiger partial charge on any atom is -0.355 e. The molecule has 2 atom stereocenters. The van der Waals surface area contributed by atoms with E-state index in [2.05, 4.69) is 35.6 Å². The van der Waals surface area contributed by atoms with Crippen LogP contribution in [0.3, 0.4) is 0 Å². The number of likely N-dealkylation sites (tertiary alicyclic amines) is 1. The second-order valence-corrected chi connectivity index (χ2v) is 6.34. The van der Waals surface area contributed by atoms with Gasteiger partial charge in [0, 0.05) is 38.2 Å². The lowest BCUT2D eigenvalue weighted by atomic mass is 9.92. The Balaban J connectivity index is 0.00000324. The molecule has 0 bridgehead atoms. The summed E-state index contributed by atoms with van der Waals surface area (Å²) in [5.41, 5.74) is 0. The molecule has 1 aliphatic rings. The SMILES string of the molecule is C=CCSCCNC(=NC)N1CC(C)CC(C)C1.I. The molecule has 2 unspecified atom stereocenters. The van der Waals surface area contributed by atoms with Gasteiger partial charge in [0.2, 0.25) is 0 Å². The Morgan fingerprint density at radius 2 is 2.05 bits per heavy atom. The Kier molecular flexibility index (Phi) is 10.9. The zero-order chi connectivity index (χ0) is 13.4. The molecule has 1 saturated heterocycles. The molecule has 5 heteroatoms. The van der Waals surface area contributed by atoms with E-state index in [-0.39, 0.29) is 24.0 Å². The third-order valence-electron chi connectivity index (χ3n) is 3.15. The van der Waals surface area contributed by atoms with Crippen LogP contribution in [0.25, 0.3) is 0 Å². The number of halogens is 1. The first-order chi connectivity index (χ1) is 8.67. The van der Waals surface area contributed by atoms with E-state index < -0.39 is 0 Å². The Morgan fingerprint density at radius 1 is 1.42 bits per heavy atom. The highest BCUT2D eigenvalue weighted by Crippen LogP contribution is 2.20. The Hall–Kier alpha value is 0.0900. The molecule has 0 radical (unpaired) electrons. The predicted molar refractivity (Wildman–Crippen MR) is 98.8 cm³/mol. The van der Waals surface area contributed by atoms with Gasteiger partial charge in [-0.25, -0.2) is 0 Å². The summed E-state index contributed by atoms with van der Waals surface area (Å²) in [5, 5.41) is 3.46. The number of nitrogens with one attached hydrogen (secondary N) is 1. The van der Waals surface area contributed by atoms with Crippen LogP contribution in [0.2, 0.25) is 0 Å². The molecule has 1 N–H and O–H groups in total. The van der Waals surface area contributed by atoms with Crippen molar-refractivity contribution in [2.24, 2.45) is 16.8 Å². The van der Waals surface area contributed by atoms with E-state index in [0.717, 1.165) is 48.9 Å². The first-order valence-electron chi connectivity index (χ1n) is 6.81. The highest BCUT2D eigenvalue weighted by molar-refractivity contribution is 14.0. The summed E-state index contributed by atoms with van der Waals surface area (Å²) in [6, 6.07) is 0. The van der Waals surface area contributed by atoms with Gasteiger partial charge >= 0.3 is 0 Å². The molecular formula is C14H28IN3S. The van der Waals surface area contributed by atoms with Crippen molar-refractivity contribution in [2.45, 2.75) is 20.3 Å². The summed E-state index contributed by atoms with van der Waals surface area (Å²) >= 11 is 1.90. The lowest BCUT2D eigenvalue weighted by molar-refractivity contribution is 0.209. The standard InChI is InChI=1S/C14H27N3S.HI/c1-5-7-18-8-6-16-14(15-4)17-10-12(2)9-13(3)11-17;/h5,12-13H,1,6-11H2,2-4H3,(H,15,16);1H. The summed E-state index contributed by atoms with van der Waals surface area (Å²) in [6.45, 7) is 11.6. The van der Waals surface area contributed by atoms with Crippen LogP contribution < -0.4 is 5.32 Å². The second kappa shape index (κ2) is 10.8. The highest BCUT2D eigenvalue weighted by atomic mass is 127. The Bertz CT molecular complexity index is 274. The minimum absolute atomic E-state index is 0. The van der Waals surface area contributed by atoms with Crippen LogP contribution in [0.5, 0.6) is 0 Å². The second-order valence-electron chi connectivity index (χ2n) is 5.19. The molecule has 1 heterocycles. The minimum atomic E-state index is 0. The molecule has 19 heavy (non-hydrogen) atoms. The van der Waals surface area contributed by atoms with Gasteiger partial charge in [-0.05, 0) is 18.3 Å². The molecule has 0 saturated carbocycles. The van der Waals surface area contributed by atoms with E-state index in [4.69, 9.17) is 0 Å². The number of rotatable bonds is 5. The van der Waals surface area contributed by atoms with Crippen molar-refractivity contribution >= 4 is 41.7 Å². The zero-order valence-electron chi connectivity index (χ0n) is 12.4. The van der Waals surface area contributed by atoms with Gasteiger partial charge in [0.15, 0.2) is 5.96 Å². The Labute approximate surface area is 139 Å². The topological polar surface area (TPSA) is 27.6 Å². The van der Waals surface area contributed by atoms with Crippen molar-refractivity contribution in [3.05, 3.63) is 12.7 Å². The van der Waals surface area contributed by atoms with E-state index in [1.54, 1.807) is 0 Å². The molecule has 3 nitrogen and oxygen atoms in total. The number of guanidine groups is 1. The van der Waals surface area contributed by atoms with Crippen molar-refractivity contribution in [1.82, 2.24) is 10.2 Å². The average molecular weight is 397 g/mol. The van der Waals surface area contributed by atoms with Gasteiger partial charge in [0.05, 0.1) is 0 Å². The normalized spacial score (nSPS) is 23.7. The molecule has 1 aliphatic heterocycles. The molecule has 0 amide bonds. The third-order valence-corrected chi connectivity index (χ3v) is 4.11. The maximum absolute atomic E-state index is 4.40. The molecule has 1 rings (SSSR count). The van der Waals surface area contributed by atoms with Crippen molar-refractivity contribution in [1.29, 1.82) is 0 Å². The summed E-state index contributed by atoms with van der Waals surface area (Å²) in [5.74, 6) is 4.72. The Morgan fingerprint density at radius 3 is 2.58 bits per heavy atom. The fourth-order valence-corrected chi connectivity index (χ4v) is 3.15. The van der Waals surface area contributed by atoms with E-state index in [1.165, 1.54) is 6.42 Å².